The van der Waals surface area contributed by atoms with E-state index in [0.29, 0.717) is 12.4 Å². The molecule has 0 spiro atoms. The molecule has 0 saturated heterocycles. The normalized spacial score (nSPS) is 10.1. The molecule has 4 heteroatoms. The van der Waals surface area contributed by atoms with Crippen LogP contribution in [0.25, 0.3) is 0 Å². The molecule has 0 radical (unpaired) electrons. The smallest absolute Gasteiger partial charge is 0.354 e. The Morgan fingerprint density at radius 2 is 1.95 bits per heavy atom. The second-order valence-electron chi connectivity index (χ2n) is 4.12. The third kappa shape index (κ3) is 4.10. The molecule has 1 aromatic heterocycles. The number of rotatable bonds is 6. The van der Waals surface area contributed by atoms with Crippen molar-refractivity contribution < 1.29 is 14.6 Å². The molecule has 0 amide bonds. The lowest BCUT2D eigenvalue weighted by atomic mass is 10.1. The number of hydrogen-bond acceptors (Lipinski definition) is 3. The van der Waals surface area contributed by atoms with Crippen LogP contribution in [-0.4, -0.2) is 22.7 Å². The van der Waals surface area contributed by atoms with Crippen LogP contribution >= 0.6 is 0 Å². The molecule has 1 heterocycles. The fourth-order valence-electron chi connectivity index (χ4n) is 1.70. The van der Waals surface area contributed by atoms with Gasteiger partial charge in [0.2, 0.25) is 0 Å². The number of ether oxygens (including phenoxy) is 1. The van der Waals surface area contributed by atoms with Crippen LogP contribution in [0.15, 0.2) is 48.7 Å². The second-order valence-corrected chi connectivity index (χ2v) is 4.12. The Morgan fingerprint density at radius 3 is 2.58 bits per heavy atom. The molecule has 2 rings (SSSR count). The van der Waals surface area contributed by atoms with E-state index in [9.17, 15) is 4.79 Å². The molecule has 4 nitrogen and oxygen atoms in total. The van der Waals surface area contributed by atoms with Gasteiger partial charge in [0.25, 0.3) is 0 Å². The Morgan fingerprint density at radius 1 is 1.16 bits per heavy atom. The van der Waals surface area contributed by atoms with E-state index in [1.807, 2.05) is 18.2 Å². The third-order valence-electron chi connectivity index (χ3n) is 2.68. The van der Waals surface area contributed by atoms with Gasteiger partial charge in [-0.25, -0.2) is 9.78 Å². The predicted molar refractivity (Wildman–Crippen MR) is 71.5 cm³/mol. The summed E-state index contributed by atoms with van der Waals surface area (Å²) in [5.41, 5.74) is 1.31. The summed E-state index contributed by atoms with van der Waals surface area (Å²) in [4.78, 5) is 14.4. The van der Waals surface area contributed by atoms with Crippen LogP contribution in [-0.2, 0) is 6.42 Å². The summed E-state index contributed by atoms with van der Waals surface area (Å²) in [5, 5.41) is 8.71. The lowest BCUT2D eigenvalue weighted by Crippen LogP contribution is -2.02. The van der Waals surface area contributed by atoms with Crippen LogP contribution in [0.3, 0.4) is 0 Å². The Balaban J connectivity index is 1.75. The first-order valence-electron chi connectivity index (χ1n) is 6.12. The summed E-state index contributed by atoms with van der Waals surface area (Å²) >= 11 is 0. The van der Waals surface area contributed by atoms with Gasteiger partial charge in [-0.05, 0) is 30.5 Å². The van der Waals surface area contributed by atoms with Crippen LogP contribution in [0, 0.1) is 0 Å². The van der Waals surface area contributed by atoms with Crippen LogP contribution in [0.1, 0.15) is 22.5 Å². The van der Waals surface area contributed by atoms with Gasteiger partial charge in [-0.3, -0.25) is 0 Å². The molecule has 1 N–H and O–H groups in total. The van der Waals surface area contributed by atoms with Crippen LogP contribution in [0.5, 0.6) is 5.75 Å². The monoisotopic (exact) mass is 257 g/mol. The number of aromatic carboxylic acids is 1. The number of benzene rings is 1. The number of pyridine rings is 1. The molecular weight excluding hydrogens is 242 g/mol. The molecule has 19 heavy (non-hydrogen) atoms. The molecule has 0 bridgehead atoms. The predicted octanol–water partition coefficient (Wildman–Crippen LogP) is 2.79. The van der Waals surface area contributed by atoms with Crippen molar-refractivity contribution in [1.29, 1.82) is 0 Å². The zero-order valence-electron chi connectivity index (χ0n) is 10.5. The Labute approximate surface area is 111 Å². The highest BCUT2D eigenvalue weighted by atomic mass is 16.5. The largest absolute Gasteiger partial charge is 0.492 e. The zero-order chi connectivity index (χ0) is 13.5. The van der Waals surface area contributed by atoms with Gasteiger partial charge in [-0.15, -0.1) is 0 Å². The first-order chi connectivity index (χ1) is 9.25. The topological polar surface area (TPSA) is 59.4 Å². The van der Waals surface area contributed by atoms with Crippen molar-refractivity contribution in [1.82, 2.24) is 4.98 Å². The number of aryl methyl sites for hydroxylation is 1. The van der Waals surface area contributed by atoms with E-state index in [4.69, 9.17) is 9.84 Å². The summed E-state index contributed by atoms with van der Waals surface area (Å²) in [6, 6.07) is 13.3. The quantitative estimate of drug-likeness (QED) is 0.808. The molecule has 1 aromatic carbocycles. The second kappa shape index (κ2) is 6.54. The van der Waals surface area contributed by atoms with Crippen molar-refractivity contribution in [3.8, 4) is 5.75 Å². The molecule has 0 atom stereocenters. The Kier molecular flexibility index (Phi) is 4.50. The Hall–Kier alpha value is -2.36. The SMILES string of the molecule is O=C(O)c1ccc(OCCCc2ccccc2)cn1. The van der Waals surface area contributed by atoms with Gasteiger partial charge in [0.1, 0.15) is 11.4 Å². The van der Waals surface area contributed by atoms with Gasteiger partial charge in [0, 0.05) is 0 Å². The van der Waals surface area contributed by atoms with Crippen molar-refractivity contribution in [2.75, 3.05) is 6.61 Å². The Bertz CT molecular complexity index is 523. The van der Waals surface area contributed by atoms with E-state index >= 15 is 0 Å². The minimum Gasteiger partial charge on any atom is -0.492 e. The molecular formula is C15H15NO3. The summed E-state index contributed by atoms with van der Waals surface area (Å²) in [6.07, 6.45) is 3.30. The van der Waals surface area contributed by atoms with E-state index in [1.165, 1.54) is 17.8 Å². The summed E-state index contributed by atoms with van der Waals surface area (Å²) in [7, 11) is 0. The lowest BCUT2D eigenvalue weighted by Gasteiger charge is -2.06. The number of carbonyl (C=O) groups is 1. The maximum absolute atomic E-state index is 10.6. The first kappa shape index (κ1) is 13.1. The molecule has 0 aliphatic heterocycles. The molecule has 98 valence electrons. The van der Waals surface area contributed by atoms with Gasteiger partial charge in [-0.1, -0.05) is 30.3 Å². The van der Waals surface area contributed by atoms with Crippen LogP contribution in [0.2, 0.25) is 0 Å². The highest BCUT2D eigenvalue weighted by molar-refractivity contribution is 5.85. The van der Waals surface area contributed by atoms with E-state index < -0.39 is 5.97 Å². The summed E-state index contributed by atoms with van der Waals surface area (Å²) in [6.45, 7) is 0.586. The number of hydrogen-bond donors (Lipinski definition) is 1. The van der Waals surface area contributed by atoms with Crippen LogP contribution < -0.4 is 4.74 Å². The van der Waals surface area contributed by atoms with Gasteiger partial charge >= 0.3 is 5.97 Å². The maximum atomic E-state index is 10.6. The molecule has 2 aromatic rings. The first-order valence-corrected chi connectivity index (χ1v) is 6.12. The third-order valence-corrected chi connectivity index (χ3v) is 2.68. The highest BCUT2D eigenvalue weighted by Crippen LogP contribution is 2.10. The van der Waals surface area contributed by atoms with Crippen molar-refractivity contribution in [3.05, 3.63) is 59.9 Å². The van der Waals surface area contributed by atoms with Gasteiger partial charge in [0.05, 0.1) is 12.8 Å². The van der Waals surface area contributed by atoms with Gasteiger partial charge in [0.15, 0.2) is 0 Å². The van der Waals surface area contributed by atoms with Crippen molar-refractivity contribution in [3.63, 3.8) is 0 Å². The average Bonchev–Trinajstić information content (AvgIpc) is 2.45. The molecule has 0 unspecified atom stereocenters. The molecule has 0 fully saturated rings. The van der Waals surface area contributed by atoms with E-state index in [0.717, 1.165) is 12.8 Å². The molecule has 0 aliphatic carbocycles. The van der Waals surface area contributed by atoms with Crippen molar-refractivity contribution >= 4 is 5.97 Å². The van der Waals surface area contributed by atoms with Crippen molar-refractivity contribution in [2.24, 2.45) is 0 Å². The van der Waals surface area contributed by atoms with Gasteiger partial charge < -0.3 is 9.84 Å². The minimum absolute atomic E-state index is 0.0247. The average molecular weight is 257 g/mol. The van der Waals surface area contributed by atoms with Gasteiger partial charge in [-0.2, -0.15) is 0 Å². The number of carboxylic acid groups (broad SMARTS) is 1. The highest BCUT2D eigenvalue weighted by Gasteiger charge is 2.03. The number of carboxylic acids is 1. The number of aromatic nitrogens is 1. The summed E-state index contributed by atoms with van der Waals surface area (Å²) < 4.78 is 5.51. The van der Waals surface area contributed by atoms with E-state index in [2.05, 4.69) is 17.1 Å². The molecule has 0 saturated carbocycles. The minimum atomic E-state index is -1.03. The fourth-order valence-corrected chi connectivity index (χ4v) is 1.70. The van der Waals surface area contributed by atoms with E-state index in [-0.39, 0.29) is 5.69 Å². The molecule has 0 aliphatic rings. The zero-order valence-corrected chi connectivity index (χ0v) is 10.5. The number of nitrogens with zero attached hydrogens (tertiary/aromatic N) is 1. The maximum Gasteiger partial charge on any atom is 0.354 e. The van der Waals surface area contributed by atoms with E-state index in [1.54, 1.807) is 6.07 Å². The standard InChI is InChI=1S/C15H15NO3/c17-15(18)14-9-8-13(11-16-14)19-10-4-7-12-5-2-1-3-6-12/h1-3,5-6,8-9,11H,4,7,10H2,(H,17,18). The van der Waals surface area contributed by atoms with Crippen LogP contribution in [0.4, 0.5) is 0 Å². The lowest BCUT2D eigenvalue weighted by molar-refractivity contribution is 0.0690. The fraction of sp³-hybridized carbons (Fsp3) is 0.200. The summed E-state index contributed by atoms with van der Waals surface area (Å²) in [5.74, 6) is -0.436. The van der Waals surface area contributed by atoms with Crippen molar-refractivity contribution in [2.45, 2.75) is 12.8 Å².